The van der Waals surface area contributed by atoms with E-state index in [1.807, 2.05) is 24.3 Å². The summed E-state index contributed by atoms with van der Waals surface area (Å²) in [6.45, 7) is 2.89. The molecule has 0 atom stereocenters. The summed E-state index contributed by atoms with van der Waals surface area (Å²) in [6.07, 6.45) is 1.05. The molecule has 3 rings (SSSR count). The van der Waals surface area contributed by atoms with Crippen molar-refractivity contribution in [2.45, 2.75) is 19.8 Å². The monoisotopic (exact) mass is 370 g/mol. The van der Waals surface area contributed by atoms with Crippen LogP contribution in [0, 0.1) is 0 Å². The maximum Gasteiger partial charge on any atom is 0.276 e. The van der Waals surface area contributed by atoms with Crippen molar-refractivity contribution in [1.82, 2.24) is 10.9 Å². The van der Waals surface area contributed by atoms with Crippen molar-refractivity contribution >= 4 is 11.8 Å². The van der Waals surface area contributed by atoms with Gasteiger partial charge in [-0.05, 0) is 41.8 Å². The van der Waals surface area contributed by atoms with E-state index in [2.05, 4.69) is 17.8 Å². The van der Waals surface area contributed by atoms with E-state index in [0.717, 1.165) is 12.0 Å². The van der Waals surface area contributed by atoms with Crippen LogP contribution in [0.2, 0.25) is 0 Å². The number of nitrogens with one attached hydrogen (secondary N) is 2. The fraction of sp³-hybridized carbons (Fsp3) is 0.300. The summed E-state index contributed by atoms with van der Waals surface area (Å²) in [6, 6.07) is 12.8. The number of benzene rings is 2. The van der Waals surface area contributed by atoms with Gasteiger partial charge < -0.3 is 14.2 Å². The molecule has 7 heteroatoms. The lowest BCUT2D eigenvalue weighted by Crippen LogP contribution is -2.44. The van der Waals surface area contributed by atoms with Crippen LogP contribution in [0.5, 0.6) is 17.2 Å². The number of aryl methyl sites for hydroxylation is 1. The standard InChI is InChI=1S/C20H22N2O5/c1-2-14-3-6-16(7-4-14)27-13-20(24)22-21-19(23)12-15-5-8-17-18(11-15)26-10-9-25-17/h3-8,11H,2,9-10,12-13H2,1H3,(H,21,23)(H,22,24). The van der Waals surface area contributed by atoms with Gasteiger partial charge in [-0.2, -0.15) is 0 Å². The largest absolute Gasteiger partial charge is 0.486 e. The molecule has 0 saturated heterocycles. The highest BCUT2D eigenvalue weighted by Crippen LogP contribution is 2.30. The average molecular weight is 370 g/mol. The molecule has 2 N–H and O–H groups in total. The van der Waals surface area contributed by atoms with E-state index in [-0.39, 0.29) is 18.9 Å². The summed E-state index contributed by atoms with van der Waals surface area (Å²) in [5.74, 6) is 1.11. The molecule has 0 saturated carbocycles. The van der Waals surface area contributed by atoms with Gasteiger partial charge >= 0.3 is 0 Å². The van der Waals surface area contributed by atoms with E-state index in [1.54, 1.807) is 18.2 Å². The van der Waals surface area contributed by atoms with Gasteiger partial charge in [-0.3, -0.25) is 20.4 Å². The molecule has 0 unspecified atom stereocenters. The Kier molecular flexibility index (Phi) is 6.14. The molecular formula is C20H22N2O5. The molecule has 1 heterocycles. The Bertz CT molecular complexity index is 805. The second-order valence-corrected chi connectivity index (χ2v) is 6.04. The predicted octanol–water partition coefficient (Wildman–Crippen LogP) is 1.79. The number of ether oxygens (including phenoxy) is 3. The zero-order chi connectivity index (χ0) is 19.1. The number of amides is 2. The third kappa shape index (κ3) is 5.37. The van der Waals surface area contributed by atoms with Gasteiger partial charge in [0.2, 0.25) is 5.91 Å². The van der Waals surface area contributed by atoms with Crippen LogP contribution in [0.4, 0.5) is 0 Å². The summed E-state index contributed by atoms with van der Waals surface area (Å²) in [5.41, 5.74) is 6.67. The summed E-state index contributed by atoms with van der Waals surface area (Å²) in [7, 11) is 0. The first-order valence-electron chi connectivity index (χ1n) is 8.82. The molecule has 1 aliphatic heterocycles. The molecule has 0 fully saturated rings. The SMILES string of the molecule is CCc1ccc(OCC(=O)NNC(=O)Cc2ccc3c(c2)OCCO3)cc1. The van der Waals surface area contributed by atoms with E-state index >= 15 is 0 Å². The lowest BCUT2D eigenvalue weighted by Gasteiger charge is -2.18. The highest BCUT2D eigenvalue weighted by atomic mass is 16.6. The van der Waals surface area contributed by atoms with E-state index < -0.39 is 5.91 Å². The zero-order valence-corrected chi connectivity index (χ0v) is 15.1. The molecule has 1 aliphatic rings. The second kappa shape index (κ2) is 8.93. The number of hydrazine groups is 1. The van der Waals surface area contributed by atoms with Crippen molar-refractivity contribution < 1.29 is 23.8 Å². The molecule has 2 aromatic carbocycles. The van der Waals surface area contributed by atoms with Gasteiger partial charge in [-0.15, -0.1) is 0 Å². The molecule has 0 aromatic heterocycles. The molecule has 0 radical (unpaired) electrons. The number of hydrogen-bond acceptors (Lipinski definition) is 5. The van der Waals surface area contributed by atoms with Crippen LogP contribution in [0.1, 0.15) is 18.1 Å². The van der Waals surface area contributed by atoms with E-state index in [1.165, 1.54) is 5.56 Å². The smallest absolute Gasteiger partial charge is 0.276 e. The average Bonchev–Trinajstić information content (AvgIpc) is 2.71. The van der Waals surface area contributed by atoms with Gasteiger partial charge in [0.1, 0.15) is 19.0 Å². The van der Waals surface area contributed by atoms with Crippen LogP contribution >= 0.6 is 0 Å². The number of carbonyl (C=O) groups is 2. The van der Waals surface area contributed by atoms with E-state index in [0.29, 0.717) is 30.5 Å². The Hall–Kier alpha value is -3.22. The topological polar surface area (TPSA) is 85.9 Å². The molecule has 2 amide bonds. The summed E-state index contributed by atoms with van der Waals surface area (Å²) >= 11 is 0. The van der Waals surface area contributed by atoms with Gasteiger partial charge in [-0.25, -0.2) is 0 Å². The van der Waals surface area contributed by atoms with Crippen molar-refractivity contribution in [3.63, 3.8) is 0 Å². The minimum Gasteiger partial charge on any atom is -0.486 e. The van der Waals surface area contributed by atoms with Crippen LogP contribution in [0.25, 0.3) is 0 Å². The third-order valence-corrected chi connectivity index (χ3v) is 4.01. The highest BCUT2D eigenvalue weighted by molar-refractivity contribution is 5.84. The summed E-state index contributed by atoms with van der Waals surface area (Å²) in [5, 5.41) is 0. The Labute approximate surface area is 157 Å². The molecule has 142 valence electrons. The van der Waals surface area contributed by atoms with Crippen molar-refractivity contribution in [2.75, 3.05) is 19.8 Å². The number of hydrogen-bond donors (Lipinski definition) is 2. The maximum absolute atomic E-state index is 12.0. The number of carbonyl (C=O) groups excluding carboxylic acids is 2. The van der Waals surface area contributed by atoms with Gasteiger partial charge in [-0.1, -0.05) is 25.1 Å². The van der Waals surface area contributed by atoms with Crippen LogP contribution in [0.15, 0.2) is 42.5 Å². The van der Waals surface area contributed by atoms with E-state index in [4.69, 9.17) is 14.2 Å². The van der Waals surface area contributed by atoms with Gasteiger partial charge in [0.15, 0.2) is 18.1 Å². The third-order valence-electron chi connectivity index (χ3n) is 4.01. The minimum absolute atomic E-state index is 0.107. The Balaban J connectivity index is 1.41. The van der Waals surface area contributed by atoms with Crippen molar-refractivity contribution in [3.8, 4) is 17.2 Å². The first kappa shape index (κ1) is 18.6. The Morgan fingerprint density at radius 1 is 0.926 bits per heavy atom. The highest BCUT2D eigenvalue weighted by Gasteiger charge is 2.13. The molecule has 0 aliphatic carbocycles. The Morgan fingerprint density at radius 3 is 2.33 bits per heavy atom. The Morgan fingerprint density at radius 2 is 1.59 bits per heavy atom. The molecular weight excluding hydrogens is 348 g/mol. The number of fused-ring (bicyclic) bond motifs is 1. The maximum atomic E-state index is 12.0. The first-order valence-corrected chi connectivity index (χ1v) is 8.82. The molecule has 2 aromatic rings. The molecule has 0 bridgehead atoms. The van der Waals surface area contributed by atoms with Crippen LogP contribution in [-0.2, 0) is 22.4 Å². The first-order chi connectivity index (χ1) is 13.1. The van der Waals surface area contributed by atoms with Crippen LogP contribution in [0.3, 0.4) is 0 Å². The fourth-order valence-electron chi connectivity index (χ4n) is 2.57. The quantitative estimate of drug-likeness (QED) is 0.757. The zero-order valence-electron chi connectivity index (χ0n) is 15.1. The normalized spacial score (nSPS) is 12.2. The lowest BCUT2D eigenvalue weighted by molar-refractivity contribution is -0.129. The van der Waals surface area contributed by atoms with Crippen molar-refractivity contribution in [2.24, 2.45) is 0 Å². The fourth-order valence-corrected chi connectivity index (χ4v) is 2.57. The lowest BCUT2D eigenvalue weighted by atomic mass is 10.1. The second-order valence-electron chi connectivity index (χ2n) is 6.04. The van der Waals surface area contributed by atoms with E-state index in [9.17, 15) is 9.59 Å². The van der Waals surface area contributed by atoms with Gasteiger partial charge in [0, 0.05) is 0 Å². The number of rotatable bonds is 6. The summed E-state index contributed by atoms with van der Waals surface area (Å²) < 4.78 is 16.3. The van der Waals surface area contributed by atoms with Crippen LogP contribution in [-0.4, -0.2) is 31.6 Å². The molecule has 27 heavy (non-hydrogen) atoms. The molecule has 7 nitrogen and oxygen atoms in total. The van der Waals surface area contributed by atoms with Gasteiger partial charge in [0.05, 0.1) is 6.42 Å². The predicted molar refractivity (Wildman–Crippen MR) is 98.7 cm³/mol. The minimum atomic E-state index is -0.440. The molecule has 0 spiro atoms. The summed E-state index contributed by atoms with van der Waals surface area (Å²) in [4.78, 5) is 23.8. The van der Waals surface area contributed by atoms with Crippen molar-refractivity contribution in [1.29, 1.82) is 0 Å². The van der Waals surface area contributed by atoms with Gasteiger partial charge in [0.25, 0.3) is 5.91 Å². The van der Waals surface area contributed by atoms with Crippen molar-refractivity contribution in [3.05, 3.63) is 53.6 Å². The van der Waals surface area contributed by atoms with Crippen LogP contribution < -0.4 is 25.1 Å².